The number of aryl methyl sites for hydroxylation is 1. The maximum Gasteiger partial charge on any atom is 0.240 e. The van der Waals surface area contributed by atoms with Crippen molar-refractivity contribution in [3.05, 3.63) is 34.6 Å². The molecule has 0 saturated carbocycles. The molecule has 6 nitrogen and oxygen atoms in total. The van der Waals surface area contributed by atoms with Crippen LogP contribution in [0.1, 0.15) is 32.8 Å². The van der Waals surface area contributed by atoms with E-state index in [-0.39, 0.29) is 18.5 Å². The lowest BCUT2D eigenvalue weighted by atomic mass is 9.92. The van der Waals surface area contributed by atoms with Gasteiger partial charge in [0.05, 0.1) is 0 Å². The van der Waals surface area contributed by atoms with E-state index in [1.807, 2.05) is 31.2 Å². The maximum atomic E-state index is 12.6. The fraction of sp³-hybridized carbons (Fsp3) is 0.571. The van der Waals surface area contributed by atoms with Crippen molar-refractivity contribution in [2.24, 2.45) is 11.8 Å². The Morgan fingerprint density at radius 2 is 1.93 bits per heavy atom. The van der Waals surface area contributed by atoms with Crippen molar-refractivity contribution < 1.29 is 4.79 Å². The minimum Gasteiger partial charge on any atom is -0.351 e. The molecule has 1 aliphatic heterocycles. The number of H-pyrrole nitrogens is 1. The number of nitrogens with one attached hydrogen (secondary N) is 2. The van der Waals surface area contributed by atoms with E-state index in [1.165, 1.54) is 12.0 Å². The second kappa shape index (κ2) is 9.01. The van der Waals surface area contributed by atoms with Crippen molar-refractivity contribution in [3.63, 3.8) is 0 Å². The molecule has 3 atom stereocenters. The molecule has 152 valence electrons. The molecule has 1 aromatic carbocycles. The van der Waals surface area contributed by atoms with Crippen molar-refractivity contribution in [3.8, 4) is 11.4 Å². The first kappa shape index (κ1) is 20.7. The summed E-state index contributed by atoms with van der Waals surface area (Å²) >= 11 is 5.34. The summed E-state index contributed by atoms with van der Waals surface area (Å²) in [7, 11) is 0. The first-order chi connectivity index (χ1) is 13.3. The van der Waals surface area contributed by atoms with Gasteiger partial charge < -0.3 is 10.2 Å². The summed E-state index contributed by atoms with van der Waals surface area (Å²) in [6.07, 6.45) is 1.29. The van der Waals surface area contributed by atoms with Crippen LogP contribution in [0.5, 0.6) is 0 Å². The van der Waals surface area contributed by atoms with Crippen LogP contribution in [0, 0.1) is 23.5 Å². The fourth-order valence-corrected chi connectivity index (χ4v) is 4.42. The minimum atomic E-state index is -0.0449. The Morgan fingerprint density at radius 1 is 1.29 bits per heavy atom. The summed E-state index contributed by atoms with van der Waals surface area (Å²) in [6.45, 7) is 12.0. The normalized spacial score (nSPS) is 21.4. The maximum absolute atomic E-state index is 12.6. The van der Waals surface area contributed by atoms with Gasteiger partial charge in [0.2, 0.25) is 5.91 Å². The highest BCUT2D eigenvalue weighted by molar-refractivity contribution is 7.71. The van der Waals surface area contributed by atoms with E-state index >= 15 is 0 Å². The molecule has 1 amide bonds. The summed E-state index contributed by atoms with van der Waals surface area (Å²) in [5, 5.41) is 10.2. The Morgan fingerprint density at radius 3 is 2.57 bits per heavy atom. The van der Waals surface area contributed by atoms with E-state index in [4.69, 9.17) is 12.2 Å². The average molecular weight is 402 g/mol. The van der Waals surface area contributed by atoms with E-state index in [2.05, 4.69) is 41.2 Å². The van der Waals surface area contributed by atoms with Crippen LogP contribution in [0.4, 0.5) is 0 Å². The number of benzene rings is 1. The van der Waals surface area contributed by atoms with Gasteiger partial charge in [-0.05, 0) is 44.3 Å². The molecule has 1 aromatic heterocycles. The molecule has 2 heterocycles. The number of likely N-dealkylation sites (tertiary alicyclic amines) is 1. The minimum absolute atomic E-state index is 0.0449. The first-order valence-electron chi connectivity index (χ1n) is 10.1. The zero-order valence-electron chi connectivity index (χ0n) is 17.2. The standard InChI is InChI=1S/C21H31N5OS/c1-14-5-7-18(8-6-14)20-23-24-21(28)26(20)13-19(27)22-17(4)12-25-10-15(2)9-16(3)11-25/h5-8,15-17H,9-13H2,1-4H3,(H,22,27)(H,24,28). The number of hydrogen-bond donors (Lipinski definition) is 2. The number of carbonyl (C=O) groups excluding carboxylic acids is 1. The number of carbonyl (C=O) groups is 1. The molecule has 2 N–H and O–H groups in total. The van der Waals surface area contributed by atoms with Crippen molar-refractivity contribution in [1.82, 2.24) is 25.0 Å². The first-order valence-corrected chi connectivity index (χ1v) is 10.5. The second-order valence-corrected chi connectivity index (χ2v) is 8.82. The van der Waals surface area contributed by atoms with Crippen LogP contribution in [0.25, 0.3) is 11.4 Å². The lowest BCUT2D eigenvalue weighted by Gasteiger charge is -2.36. The highest BCUT2D eigenvalue weighted by Gasteiger charge is 2.23. The third-order valence-corrected chi connectivity index (χ3v) is 5.57. The molecular formula is C21H31N5OS. The van der Waals surface area contributed by atoms with Gasteiger partial charge in [0.25, 0.3) is 0 Å². The highest BCUT2D eigenvalue weighted by Crippen LogP contribution is 2.21. The molecule has 2 aromatic rings. The number of nitrogens with zero attached hydrogens (tertiary/aromatic N) is 3. The third kappa shape index (κ3) is 5.29. The Hall–Kier alpha value is -1.99. The summed E-state index contributed by atoms with van der Waals surface area (Å²) in [5.74, 6) is 2.07. The van der Waals surface area contributed by atoms with Crippen LogP contribution in [0.3, 0.4) is 0 Å². The Bertz CT molecular complexity index is 846. The molecule has 0 bridgehead atoms. The van der Waals surface area contributed by atoms with Crippen LogP contribution in [0.15, 0.2) is 24.3 Å². The van der Waals surface area contributed by atoms with Gasteiger partial charge >= 0.3 is 0 Å². The number of aromatic amines is 1. The van der Waals surface area contributed by atoms with Crippen molar-refractivity contribution >= 4 is 18.1 Å². The Labute approximate surface area is 172 Å². The van der Waals surface area contributed by atoms with Gasteiger partial charge in [-0.1, -0.05) is 43.7 Å². The molecular weight excluding hydrogens is 370 g/mol. The van der Waals surface area contributed by atoms with E-state index < -0.39 is 0 Å². The molecule has 28 heavy (non-hydrogen) atoms. The number of rotatable bonds is 6. The topological polar surface area (TPSA) is 66.0 Å². The summed E-state index contributed by atoms with van der Waals surface area (Å²) in [5.41, 5.74) is 2.12. The van der Waals surface area contributed by atoms with E-state index in [0.29, 0.717) is 22.4 Å². The molecule has 1 aliphatic rings. The predicted molar refractivity (Wildman–Crippen MR) is 115 cm³/mol. The van der Waals surface area contributed by atoms with Gasteiger partial charge in [-0.3, -0.25) is 14.5 Å². The number of hydrogen-bond acceptors (Lipinski definition) is 4. The summed E-state index contributed by atoms with van der Waals surface area (Å²) in [6, 6.07) is 8.14. The number of piperidine rings is 1. The molecule has 7 heteroatoms. The van der Waals surface area contributed by atoms with Crippen LogP contribution >= 0.6 is 12.2 Å². The lowest BCUT2D eigenvalue weighted by Crippen LogP contribution is -2.47. The van der Waals surface area contributed by atoms with Gasteiger partial charge in [0.1, 0.15) is 6.54 Å². The predicted octanol–water partition coefficient (Wildman–Crippen LogP) is 3.40. The monoisotopic (exact) mass is 401 g/mol. The smallest absolute Gasteiger partial charge is 0.240 e. The fourth-order valence-electron chi connectivity index (χ4n) is 4.23. The van der Waals surface area contributed by atoms with Gasteiger partial charge in [-0.25, -0.2) is 0 Å². The van der Waals surface area contributed by atoms with Gasteiger partial charge in [0, 0.05) is 31.2 Å². The Kier molecular flexibility index (Phi) is 6.67. The molecule has 1 saturated heterocycles. The van der Waals surface area contributed by atoms with E-state index in [9.17, 15) is 4.79 Å². The molecule has 1 fully saturated rings. The van der Waals surface area contributed by atoms with E-state index in [1.54, 1.807) is 4.57 Å². The molecule has 0 aliphatic carbocycles. The average Bonchev–Trinajstić information content (AvgIpc) is 2.95. The van der Waals surface area contributed by atoms with Gasteiger partial charge in [-0.2, -0.15) is 5.10 Å². The Balaban J connectivity index is 1.61. The summed E-state index contributed by atoms with van der Waals surface area (Å²) < 4.78 is 2.21. The molecule has 0 spiro atoms. The zero-order valence-corrected chi connectivity index (χ0v) is 18.1. The number of amides is 1. The van der Waals surface area contributed by atoms with Crippen molar-refractivity contribution in [2.75, 3.05) is 19.6 Å². The third-order valence-electron chi connectivity index (χ3n) is 5.25. The molecule has 3 rings (SSSR count). The quantitative estimate of drug-likeness (QED) is 0.728. The largest absolute Gasteiger partial charge is 0.351 e. The van der Waals surface area contributed by atoms with Crippen molar-refractivity contribution in [1.29, 1.82) is 0 Å². The highest BCUT2D eigenvalue weighted by atomic mass is 32.1. The second-order valence-electron chi connectivity index (χ2n) is 8.44. The lowest BCUT2D eigenvalue weighted by molar-refractivity contribution is -0.122. The molecule has 3 unspecified atom stereocenters. The van der Waals surface area contributed by atoms with Gasteiger partial charge in [-0.15, -0.1) is 0 Å². The van der Waals surface area contributed by atoms with Crippen LogP contribution < -0.4 is 5.32 Å². The SMILES string of the molecule is Cc1ccc(-c2n[nH]c(=S)n2CC(=O)NC(C)CN2CC(C)CC(C)C2)cc1. The van der Waals surface area contributed by atoms with E-state index in [0.717, 1.165) is 25.2 Å². The molecule has 0 radical (unpaired) electrons. The summed E-state index contributed by atoms with van der Waals surface area (Å²) in [4.78, 5) is 15.1. The van der Waals surface area contributed by atoms with Crippen LogP contribution in [-0.2, 0) is 11.3 Å². The van der Waals surface area contributed by atoms with Crippen molar-refractivity contribution in [2.45, 2.75) is 46.7 Å². The van der Waals surface area contributed by atoms with Crippen LogP contribution in [0.2, 0.25) is 0 Å². The van der Waals surface area contributed by atoms with Gasteiger partial charge in [0.15, 0.2) is 10.6 Å². The number of aromatic nitrogens is 3. The van der Waals surface area contributed by atoms with Crippen LogP contribution in [-0.4, -0.2) is 51.2 Å². The zero-order chi connectivity index (χ0) is 20.3.